The van der Waals surface area contributed by atoms with Crippen molar-refractivity contribution in [3.8, 4) is 0 Å². The molecule has 0 saturated heterocycles. The monoisotopic (exact) mass is 236 g/mol. The van der Waals surface area contributed by atoms with E-state index >= 15 is 0 Å². The van der Waals surface area contributed by atoms with Gasteiger partial charge >= 0.3 is 0 Å². The van der Waals surface area contributed by atoms with Crippen molar-refractivity contribution in [3.63, 3.8) is 0 Å². The molecule has 0 spiro atoms. The molecule has 1 aliphatic carbocycles. The van der Waals surface area contributed by atoms with E-state index in [4.69, 9.17) is 0 Å². The van der Waals surface area contributed by atoms with Crippen molar-refractivity contribution in [1.82, 2.24) is 0 Å². The second-order valence-electron chi connectivity index (χ2n) is 5.38. The zero-order valence-electron chi connectivity index (χ0n) is 10.7. The molecule has 0 radical (unpaired) electrons. The van der Waals surface area contributed by atoms with Gasteiger partial charge in [-0.15, -0.1) is 0 Å². The summed E-state index contributed by atoms with van der Waals surface area (Å²) in [7, 11) is 0. The zero-order valence-corrected chi connectivity index (χ0v) is 10.7. The predicted octanol–water partition coefficient (Wildman–Crippen LogP) is 4.06. The Bertz CT molecular complexity index is 371. The Morgan fingerprint density at radius 1 is 1.29 bits per heavy atom. The molecule has 2 rings (SSSR count). The Kier molecular flexibility index (Phi) is 3.82. The van der Waals surface area contributed by atoms with Crippen LogP contribution >= 0.6 is 0 Å². The predicted molar refractivity (Wildman–Crippen MR) is 67.4 cm³/mol. The Morgan fingerprint density at radius 2 is 1.94 bits per heavy atom. The number of aliphatic hydroxyl groups excluding tert-OH is 1. The number of rotatable bonds is 3. The fourth-order valence-corrected chi connectivity index (χ4v) is 3.03. The van der Waals surface area contributed by atoms with Crippen LogP contribution in [-0.2, 0) is 0 Å². The maximum atomic E-state index is 13.9. The maximum absolute atomic E-state index is 13.9. The summed E-state index contributed by atoms with van der Waals surface area (Å²) in [6.07, 6.45) is 4.95. The normalized spacial score (nSPS) is 18.6. The van der Waals surface area contributed by atoms with E-state index < -0.39 is 6.10 Å². The van der Waals surface area contributed by atoms with Crippen LogP contribution in [0, 0.1) is 25.6 Å². The molecular weight excluding hydrogens is 215 g/mol. The van der Waals surface area contributed by atoms with Crippen molar-refractivity contribution in [3.05, 3.63) is 34.6 Å². The Hall–Kier alpha value is -0.890. The zero-order chi connectivity index (χ0) is 12.4. The first-order chi connectivity index (χ1) is 8.08. The van der Waals surface area contributed by atoms with Gasteiger partial charge in [-0.05, 0) is 43.4 Å². The average Bonchev–Trinajstić information content (AvgIpc) is 2.68. The summed E-state index contributed by atoms with van der Waals surface area (Å²) in [5.41, 5.74) is 2.28. The number of aliphatic hydroxyl groups is 1. The second kappa shape index (κ2) is 5.18. The molecule has 0 amide bonds. The lowest BCUT2D eigenvalue weighted by molar-refractivity contribution is 0.140. The van der Waals surface area contributed by atoms with Crippen LogP contribution < -0.4 is 0 Å². The molecule has 1 nitrogen and oxygen atoms in total. The van der Waals surface area contributed by atoms with Gasteiger partial charge in [-0.1, -0.05) is 31.7 Å². The summed E-state index contributed by atoms with van der Waals surface area (Å²) in [4.78, 5) is 0. The minimum Gasteiger partial charge on any atom is -0.388 e. The number of benzene rings is 1. The summed E-state index contributed by atoms with van der Waals surface area (Å²) in [5, 5.41) is 10.2. The number of halogens is 1. The van der Waals surface area contributed by atoms with Crippen molar-refractivity contribution < 1.29 is 9.50 Å². The van der Waals surface area contributed by atoms with E-state index in [2.05, 4.69) is 0 Å². The summed E-state index contributed by atoms with van der Waals surface area (Å²) < 4.78 is 13.9. The van der Waals surface area contributed by atoms with Crippen LogP contribution in [0.4, 0.5) is 4.39 Å². The van der Waals surface area contributed by atoms with E-state index in [0.717, 1.165) is 11.1 Å². The molecule has 0 aliphatic heterocycles. The van der Waals surface area contributed by atoms with Gasteiger partial charge in [0.15, 0.2) is 0 Å². The van der Waals surface area contributed by atoms with Crippen LogP contribution in [0.3, 0.4) is 0 Å². The van der Waals surface area contributed by atoms with Crippen LogP contribution in [-0.4, -0.2) is 5.11 Å². The molecule has 1 aromatic carbocycles. The highest BCUT2D eigenvalue weighted by molar-refractivity contribution is 5.33. The largest absolute Gasteiger partial charge is 0.388 e. The van der Waals surface area contributed by atoms with Gasteiger partial charge in [-0.2, -0.15) is 0 Å². The molecule has 1 atom stereocenters. The van der Waals surface area contributed by atoms with Crippen molar-refractivity contribution >= 4 is 0 Å². The van der Waals surface area contributed by atoms with E-state index in [1.54, 1.807) is 0 Å². The molecule has 1 aromatic rings. The summed E-state index contributed by atoms with van der Waals surface area (Å²) >= 11 is 0. The summed E-state index contributed by atoms with van der Waals surface area (Å²) in [6, 6.07) is 3.45. The maximum Gasteiger partial charge on any atom is 0.129 e. The molecule has 0 heterocycles. The van der Waals surface area contributed by atoms with E-state index in [1.807, 2.05) is 19.9 Å². The lowest BCUT2D eigenvalue weighted by Gasteiger charge is -2.18. The lowest BCUT2D eigenvalue weighted by Crippen LogP contribution is -2.08. The van der Waals surface area contributed by atoms with Gasteiger partial charge in [0, 0.05) is 5.56 Å². The average molecular weight is 236 g/mol. The minimum absolute atomic E-state index is 0.256. The first-order valence-electron chi connectivity index (χ1n) is 6.52. The van der Waals surface area contributed by atoms with Gasteiger partial charge in [0.2, 0.25) is 0 Å². The van der Waals surface area contributed by atoms with Crippen molar-refractivity contribution in [2.24, 2.45) is 5.92 Å². The molecule has 1 unspecified atom stereocenters. The Labute approximate surface area is 103 Å². The highest BCUT2D eigenvalue weighted by Gasteiger charge is 2.22. The van der Waals surface area contributed by atoms with E-state index in [-0.39, 0.29) is 5.82 Å². The van der Waals surface area contributed by atoms with Crippen LogP contribution in [0.1, 0.15) is 54.9 Å². The van der Waals surface area contributed by atoms with Gasteiger partial charge < -0.3 is 5.11 Å². The Balaban J connectivity index is 2.15. The fourth-order valence-electron chi connectivity index (χ4n) is 3.03. The minimum atomic E-state index is -0.640. The molecule has 0 bridgehead atoms. The lowest BCUT2D eigenvalue weighted by atomic mass is 9.92. The third kappa shape index (κ3) is 2.86. The molecule has 17 heavy (non-hydrogen) atoms. The third-order valence-electron chi connectivity index (χ3n) is 3.85. The number of hydrogen-bond donors (Lipinski definition) is 1. The Morgan fingerprint density at radius 3 is 2.53 bits per heavy atom. The van der Waals surface area contributed by atoms with Crippen LogP contribution in [0.5, 0.6) is 0 Å². The summed E-state index contributed by atoms with van der Waals surface area (Å²) in [6.45, 7) is 3.76. The first kappa shape index (κ1) is 12.6. The second-order valence-corrected chi connectivity index (χ2v) is 5.38. The molecule has 1 saturated carbocycles. The van der Waals surface area contributed by atoms with Crippen molar-refractivity contribution in [2.45, 2.75) is 52.1 Å². The van der Waals surface area contributed by atoms with Crippen molar-refractivity contribution in [2.75, 3.05) is 0 Å². The van der Waals surface area contributed by atoms with Crippen LogP contribution in [0.15, 0.2) is 12.1 Å². The van der Waals surface area contributed by atoms with E-state index in [1.165, 1.54) is 31.7 Å². The standard InChI is InChI=1S/C15H21FO/c1-10-7-11(2)15(13(16)8-10)14(17)9-12-5-3-4-6-12/h7-8,12,14,17H,3-6,9H2,1-2H3. The SMILES string of the molecule is Cc1cc(C)c(C(O)CC2CCCC2)c(F)c1. The molecular formula is C15H21FO. The smallest absolute Gasteiger partial charge is 0.129 e. The molecule has 0 aromatic heterocycles. The van der Waals surface area contributed by atoms with Gasteiger partial charge in [-0.3, -0.25) is 0 Å². The quantitative estimate of drug-likeness (QED) is 0.839. The highest BCUT2D eigenvalue weighted by atomic mass is 19.1. The fraction of sp³-hybridized carbons (Fsp3) is 0.600. The molecule has 94 valence electrons. The first-order valence-corrected chi connectivity index (χ1v) is 6.52. The third-order valence-corrected chi connectivity index (χ3v) is 3.85. The number of hydrogen-bond acceptors (Lipinski definition) is 1. The van der Waals surface area contributed by atoms with Crippen molar-refractivity contribution in [1.29, 1.82) is 0 Å². The van der Waals surface area contributed by atoms with Gasteiger partial charge in [0.1, 0.15) is 5.82 Å². The molecule has 1 aliphatic rings. The van der Waals surface area contributed by atoms with Crippen LogP contribution in [0.25, 0.3) is 0 Å². The number of aryl methyl sites for hydroxylation is 2. The van der Waals surface area contributed by atoms with Crippen LogP contribution in [0.2, 0.25) is 0 Å². The van der Waals surface area contributed by atoms with E-state index in [0.29, 0.717) is 17.9 Å². The van der Waals surface area contributed by atoms with Gasteiger partial charge in [0.25, 0.3) is 0 Å². The van der Waals surface area contributed by atoms with E-state index in [9.17, 15) is 9.50 Å². The van der Waals surface area contributed by atoms with Gasteiger partial charge in [0.05, 0.1) is 6.10 Å². The topological polar surface area (TPSA) is 20.2 Å². The van der Waals surface area contributed by atoms with Gasteiger partial charge in [-0.25, -0.2) is 4.39 Å². The molecule has 2 heteroatoms. The molecule has 1 N–H and O–H groups in total. The molecule has 1 fully saturated rings. The summed E-state index contributed by atoms with van der Waals surface area (Å²) in [5.74, 6) is 0.318. The highest BCUT2D eigenvalue weighted by Crippen LogP contribution is 2.34.